The Labute approximate surface area is 151 Å². The molecule has 1 amide bonds. The van der Waals surface area contributed by atoms with Crippen molar-refractivity contribution in [3.63, 3.8) is 0 Å². The highest BCUT2D eigenvalue weighted by molar-refractivity contribution is 5.90. The minimum absolute atomic E-state index is 0.0225. The highest BCUT2D eigenvalue weighted by atomic mass is 16.1. The van der Waals surface area contributed by atoms with Crippen molar-refractivity contribution in [3.05, 3.63) is 61.1 Å². The molecule has 7 heteroatoms. The predicted octanol–water partition coefficient (Wildman–Crippen LogP) is 4.10. The summed E-state index contributed by atoms with van der Waals surface area (Å²) in [6.07, 6.45) is 4.54. The molecule has 3 aromatic rings. The average Bonchev–Trinajstić information content (AvgIpc) is 2.65. The van der Waals surface area contributed by atoms with Crippen molar-refractivity contribution < 1.29 is 4.79 Å². The molecule has 1 aromatic carbocycles. The van der Waals surface area contributed by atoms with Crippen molar-refractivity contribution >= 4 is 34.7 Å². The van der Waals surface area contributed by atoms with Crippen molar-refractivity contribution in [2.75, 3.05) is 16.0 Å². The Morgan fingerprint density at radius 3 is 2.31 bits per heavy atom. The van der Waals surface area contributed by atoms with Gasteiger partial charge in [0.25, 0.3) is 0 Å². The van der Waals surface area contributed by atoms with Gasteiger partial charge in [-0.05, 0) is 42.8 Å². The lowest BCUT2D eigenvalue weighted by molar-refractivity contribution is -0.116. The summed E-state index contributed by atoms with van der Waals surface area (Å²) in [4.78, 5) is 24.2. The van der Waals surface area contributed by atoms with Gasteiger partial charge in [0.15, 0.2) is 0 Å². The summed E-state index contributed by atoms with van der Waals surface area (Å²) in [5, 5.41) is 9.20. The van der Waals surface area contributed by atoms with Crippen molar-refractivity contribution in [3.8, 4) is 0 Å². The predicted molar refractivity (Wildman–Crippen MR) is 103 cm³/mol. The molecule has 0 aliphatic rings. The first-order valence-electron chi connectivity index (χ1n) is 8.40. The van der Waals surface area contributed by atoms with Crippen molar-refractivity contribution in [2.24, 2.45) is 0 Å². The zero-order valence-electron chi connectivity index (χ0n) is 14.4. The normalized spacial score (nSPS) is 10.2. The van der Waals surface area contributed by atoms with Crippen LogP contribution in [0, 0.1) is 0 Å². The number of hydrogen-bond acceptors (Lipinski definition) is 6. The molecule has 0 saturated heterocycles. The number of benzene rings is 1. The Bertz CT molecular complexity index is 851. The molecule has 2 aromatic heterocycles. The SMILES string of the molecule is CCCC(=O)Nc1ccc(Nc2cc(Nc3ccccn3)ncn2)cc1. The van der Waals surface area contributed by atoms with Crippen LogP contribution in [0.5, 0.6) is 0 Å². The Balaban J connectivity index is 1.63. The first-order chi connectivity index (χ1) is 12.7. The molecule has 0 unspecified atom stereocenters. The maximum Gasteiger partial charge on any atom is 0.224 e. The first kappa shape index (κ1) is 17.3. The summed E-state index contributed by atoms with van der Waals surface area (Å²) >= 11 is 0. The minimum Gasteiger partial charge on any atom is -0.340 e. The Morgan fingerprint density at radius 2 is 1.62 bits per heavy atom. The lowest BCUT2D eigenvalue weighted by Gasteiger charge is -2.09. The van der Waals surface area contributed by atoms with Gasteiger partial charge in [0, 0.05) is 30.1 Å². The van der Waals surface area contributed by atoms with E-state index in [4.69, 9.17) is 0 Å². The van der Waals surface area contributed by atoms with E-state index in [1.165, 1.54) is 6.33 Å². The third-order valence-corrected chi connectivity index (χ3v) is 3.51. The van der Waals surface area contributed by atoms with Crippen LogP contribution < -0.4 is 16.0 Å². The maximum absolute atomic E-state index is 11.6. The van der Waals surface area contributed by atoms with Crippen LogP contribution >= 0.6 is 0 Å². The summed E-state index contributed by atoms with van der Waals surface area (Å²) in [6.45, 7) is 1.98. The number of hydrogen-bond donors (Lipinski definition) is 3. The van der Waals surface area contributed by atoms with Gasteiger partial charge in [-0.3, -0.25) is 4.79 Å². The topological polar surface area (TPSA) is 91.8 Å². The second kappa shape index (κ2) is 8.57. The van der Waals surface area contributed by atoms with Crippen LogP contribution in [-0.2, 0) is 4.79 Å². The van der Waals surface area contributed by atoms with E-state index in [1.54, 1.807) is 12.3 Å². The Kier molecular flexibility index (Phi) is 5.72. The van der Waals surface area contributed by atoms with E-state index in [1.807, 2.05) is 49.4 Å². The molecule has 3 N–H and O–H groups in total. The molecular formula is C19H20N6O. The van der Waals surface area contributed by atoms with Gasteiger partial charge in [-0.25, -0.2) is 15.0 Å². The van der Waals surface area contributed by atoms with Gasteiger partial charge in [-0.15, -0.1) is 0 Å². The number of aromatic nitrogens is 3. The van der Waals surface area contributed by atoms with Crippen LogP contribution in [0.25, 0.3) is 0 Å². The fourth-order valence-corrected chi connectivity index (χ4v) is 2.30. The number of nitrogens with one attached hydrogen (secondary N) is 3. The maximum atomic E-state index is 11.6. The number of nitrogens with zero attached hydrogens (tertiary/aromatic N) is 3. The van der Waals surface area contributed by atoms with Crippen LogP contribution in [0.4, 0.5) is 28.8 Å². The molecule has 0 saturated carbocycles. The van der Waals surface area contributed by atoms with Gasteiger partial charge in [-0.1, -0.05) is 13.0 Å². The van der Waals surface area contributed by atoms with E-state index in [0.29, 0.717) is 23.9 Å². The van der Waals surface area contributed by atoms with Crippen molar-refractivity contribution in [1.29, 1.82) is 0 Å². The van der Waals surface area contributed by atoms with Gasteiger partial charge in [0.1, 0.15) is 23.8 Å². The molecule has 3 rings (SSSR count). The second-order valence-electron chi connectivity index (χ2n) is 5.63. The van der Waals surface area contributed by atoms with Crippen LogP contribution in [0.2, 0.25) is 0 Å². The van der Waals surface area contributed by atoms with E-state index < -0.39 is 0 Å². The van der Waals surface area contributed by atoms with E-state index in [2.05, 4.69) is 30.9 Å². The fourth-order valence-electron chi connectivity index (χ4n) is 2.30. The standard InChI is InChI=1S/C19H20N6O/c1-2-5-19(26)24-15-9-7-14(8-10-15)23-17-12-18(22-13-21-17)25-16-6-3-4-11-20-16/h3-4,6-13H,2,5H2,1H3,(H,24,26)(H2,20,21,22,23,25). The van der Waals surface area contributed by atoms with Crippen LogP contribution in [0.15, 0.2) is 61.1 Å². The highest BCUT2D eigenvalue weighted by Gasteiger charge is 2.03. The molecule has 0 bridgehead atoms. The third kappa shape index (κ3) is 5.01. The summed E-state index contributed by atoms with van der Waals surface area (Å²) < 4.78 is 0. The zero-order valence-corrected chi connectivity index (χ0v) is 14.4. The number of carbonyl (C=O) groups is 1. The van der Waals surface area contributed by atoms with Gasteiger partial charge in [0.05, 0.1) is 0 Å². The van der Waals surface area contributed by atoms with Crippen LogP contribution in [0.1, 0.15) is 19.8 Å². The molecule has 132 valence electrons. The van der Waals surface area contributed by atoms with Crippen molar-refractivity contribution in [2.45, 2.75) is 19.8 Å². The number of pyridine rings is 1. The lowest BCUT2D eigenvalue weighted by atomic mass is 10.2. The number of anilines is 5. The molecule has 26 heavy (non-hydrogen) atoms. The Morgan fingerprint density at radius 1 is 0.885 bits per heavy atom. The molecule has 0 spiro atoms. The van der Waals surface area contributed by atoms with E-state index in [-0.39, 0.29) is 5.91 Å². The van der Waals surface area contributed by atoms with Gasteiger partial charge < -0.3 is 16.0 Å². The molecule has 0 radical (unpaired) electrons. The zero-order chi connectivity index (χ0) is 18.2. The number of carbonyl (C=O) groups excluding carboxylic acids is 1. The highest BCUT2D eigenvalue weighted by Crippen LogP contribution is 2.20. The molecular weight excluding hydrogens is 328 g/mol. The van der Waals surface area contributed by atoms with E-state index in [0.717, 1.165) is 17.8 Å². The molecule has 0 atom stereocenters. The Hall–Kier alpha value is -3.48. The molecule has 0 aliphatic carbocycles. The summed E-state index contributed by atoms with van der Waals surface area (Å²) in [5.41, 5.74) is 1.63. The largest absolute Gasteiger partial charge is 0.340 e. The molecule has 0 aliphatic heterocycles. The second-order valence-corrected chi connectivity index (χ2v) is 5.63. The molecule has 0 fully saturated rings. The summed E-state index contributed by atoms with van der Waals surface area (Å²) in [6, 6.07) is 14.9. The third-order valence-electron chi connectivity index (χ3n) is 3.51. The number of rotatable bonds is 7. The summed E-state index contributed by atoms with van der Waals surface area (Å²) in [5.74, 6) is 2.03. The number of amides is 1. The molecule has 7 nitrogen and oxygen atoms in total. The van der Waals surface area contributed by atoms with Gasteiger partial charge in [-0.2, -0.15) is 0 Å². The average molecular weight is 348 g/mol. The monoisotopic (exact) mass is 348 g/mol. The smallest absolute Gasteiger partial charge is 0.224 e. The van der Waals surface area contributed by atoms with Crippen LogP contribution in [-0.4, -0.2) is 20.9 Å². The van der Waals surface area contributed by atoms with Gasteiger partial charge in [0.2, 0.25) is 5.91 Å². The van der Waals surface area contributed by atoms with Crippen molar-refractivity contribution in [1.82, 2.24) is 15.0 Å². The first-order valence-corrected chi connectivity index (χ1v) is 8.40. The summed E-state index contributed by atoms with van der Waals surface area (Å²) in [7, 11) is 0. The minimum atomic E-state index is 0.0225. The fraction of sp³-hybridized carbons (Fsp3) is 0.158. The molecule has 2 heterocycles. The van der Waals surface area contributed by atoms with E-state index >= 15 is 0 Å². The van der Waals surface area contributed by atoms with E-state index in [9.17, 15) is 4.79 Å². The lowest BCUT2D eigenvalue weighted by Crippen LogP contribution is -2.10. The van der Waals surface area contributed by atoms with Crippen LogP contribution in [0.3, 0.4) is 0 Å². The quantitative estimate of drug-likeness (QED) is 0.595. The van der Waals surface area contributed by atoms with Gasteiger partial charge >= 0.3 is 0 Å².